The predicted molar refractivity (Wildman–Crippen MR) is 45.9 cm³/mol. The van der Waals surface area contributed by atoms with Gasteiger partial charge < -0.3 is 0 Å². The van der Waals surface area contributed by atoms with Crippen LogP contribution >= 0.6 is 11.6 Å². The van der Waals surface area contributed by atoms with Crippen LogP contribution in [0.15, 0.2) is 6.07 Å². The molecule has 0 spiro atoms. The second-order valence-electron chi connectivity index (χ2n) is 2.86. The molecule has 1 aromatic rings. The van der Waals surface area contributed by atoms with Crippen molar-refractivity contribution in [1.29, 1.82) is 0 Å². The first-order valence-corrected chi connectivity index (χ1v) is 3.98. The summed E-state index contributed by atoms with van der Waals surface area (Å²) < 4.78 is 0. The maximum atomic E-state index is 5.67. The molecule has 0 radical (unpaired) electrons. The monoisotopic (exact) mass is 170 g/mol. The van der Waals surface area contributed by atoms with E-state index in [4.69, 9.17) is 11.6 Å². The predicted octanol–water partition coefficient (Wildman–Crippen LogP) is 2.56. The summed E-state index contributed by atoms with van der Waals surface area (Å²) in [5.41, 5.74) is 1.93. The van der Waals surface area contributed by atoms with E-state index in [2.05, 4.69) is 23.8 Å². The van der Waals surface area contributed by atoms with E-state index in [9.17, 15) is 0 Å². The van der Waals surface area contributed by atoms with Crippen LogP contribution < -0.4 is 0 Å². The quantitative estimate of drug-likeness (QED) is 0.606. The molecule has 0 fully saturated rings. The van der Waals surface area contributed by atoms with Crippen LogP contribution in [0.1, 0.15) is 31.2 Å². The Kier molecular flexibility index (Phi) is 2.45. The number of aromatic nitrogens is 2. The molecule has 0 saturated carbocycles. The van der Waals surface area contributed by atoms with Crippen LogP contribution in [0, 0.1) is 6.92 Å². The number of rotatable bonds is 1. The minimum Gasteiger partial charge on any atom is -0.223 e. The Bertz CT molecular complexity index is 238. The second-order valence-corrected chi connectivity index (χ2v) is 3.20. The highest BCUT2D eigenvalue weighted by Crippen LogP contribution is 2.13. The minimum absolute atomic E-state index is 0.341. The summed E-state index contributed by atoms with van der Waals surface area (Å²) in [6.45, 7) is 6.08. The molecule has 3 heteroatoms. The maximum absolute atomic E-state index is 5.67. The average molecular weight is 171 g/mol. The van der Waals surface area contributed by atoms with Gasteiger partial charge in [-0.15, -0.1) is 0 Å². The van der Waals surface area contributed by atoms with Gasteiger partial charge in [-0.3, -0.25) is 0 Å². The molecule has 0 aliphatic rings. The molecule has 1 heterocycles. The third-order valence-corrected chi connectivity index (χ3v) is 1.61. The minimum atomic E-state index is 0.341. The van der Waals surface area contributed by atoms with Crippen molar-refractivity contribution in [3.05, 3.63) is 22.7 Å². The summed E-state index contributed by atoms with van der Waals surface area (Å²) >= 11 is 5.67. The fraction of sp³-hybridized carbons (Fsp3) is 0.500. The van der Waals surface area contributed by atoms with Gasteiger partial charge in [0.15, 0.2) is 0 Å². The van der Waals surface area contributed by atoms with Crippen molar-refractivity contribution in [1.82, 2.24) is 9.97 Å². The van der Waals surface area contributed by atoms with Crippen molar-refractivity contribution in [3.63, 3.8) is 0 Å². The van der Waals surface area contributed by atoms with Crippen molar-refractivity contribution < 1.29 is 0 Å². The Morgan fingerprint density at radius 1 is 1.36 bits per heavy atom. The van der Waals surface area contributed by atoms with Crippen molar-refractivity contribution in [2.24, 2.45) is 0 Å². The molecular formula is C8H11ClN2. The molecule has 0 atom stereocenters. The smallest absolute Gasteiger partial charge is 0.222 e. The highest BCUT2D eigenvalue weighted by Gasteiger charge is 2.02. The normalized spacial score (nSPS) is 10.6. The molecule has 0 aliphatic heterocycles. The lowest BCUT2D eigenvalue weighted by Gasteiger charge is -2.04. The standard InChI is InChI=1S/C8H11ClN2/c1-5(2)7-4-6(3)10-8(9)11-7/h4-5H,1-3H3. The van der Waals surface area contributed by atoms with E-state index >= 15 is 0 Å². The first-order chi connectivity index (χ1) is 5.09. The Labute approximate surface area is 71.6 Å². The Hall–Kier alpha value is -0.630. The number of hydrogen-bond acceptors (Lipinski definition) is 2. The number of nitrogens with zero attached hydrogens (tertiary/aromatic N) is 2. The SMILES string of the molecule is Cc1cc(C(C)C)nc(Cl)n1. The summed E-state index contributed by atoms with van der Waals surface area (Å²) in [4.78, 5) is 8.06. The van der Waals surface area contributed by atoms with Crippen LogP contribution in [-0.2, 0) is 0 Å². The van der Waals surface area contributed by atoms with Gasteiger partial charge in [-0.25, -0.2) is 9.97 Å². The lowest BCUT2D eigenvalue weighted by atomic mass is 10.1. The molecule has 2 nitrogen and oxygen atoms in total. The lowest BCUT2D eigenvalue weighted by Crippen LogP contribution is -1.96. The van der Waals surface area contributed by atoms with Crippen LogP contribution in [0.25, 0.3) is 0 Å². The molecular weight excluding hydrogens is 160 g/mol. The molecule has 0 N–H and O–H groups in total. The van der Waals surface area contributed by atoms with Crippen LogP contribution in [-0.4, -0.2) is 9.97 Å². The fourth-order valence-corrected chi connectivity index (χ4v) is 1.08. The van der Waals surface area contributed by atoms with E-state index < -0.39 is 0 Å². The van der Waals surface area contributed by atoms with E-state index in [-0.39, 0.29) is 0 Å². The van der Waals surface area contributed by atoms with Crippen LogP contribution in [0.4, 0.5) is 0 Å². The summed E-state index contributed by atoms with van der Waals surface area (Å²) in [6.07, 6.45) is 0. The number of halogens is 1. The molecule has 0 saturated heterocycles. The summed E-state index contributed by atoms with van der Waals surface area (Å²) in [5.74, 6) is 0.411. The molecule has 1 aromatic heterocycles. The zero-order valence-electron chi connectivity index (χ0n) is 6.93. The fourth-order valence-electron chi connectivity index (χ4n) is 0.851. The van der Waals surface area contributed by atoms with E-state index in [0.29, 0.717) is 11.2 Å². The first-order valence-electron chi connectivity index (χ1n) is 3.60. The highest BCUT2D eigenvalue weighted by molar-refractivity contribution is 6.28. The van der Waals surface area contributed by atoms with Gasteiger partial charge in [-0.1, -0.05) is 13.8 Å². The van der Waals surface area contributed by atoms with Crippen molar-refractivity contribution in [2.75, 3.05) is 0 Å². The number of hydrogen-bond donors (Lipinski definition) is 0. The molecule has 60 valence electrons. The zero-order chi connectivity index (χ0) is 8.43. The van der Waals surface area contributed by atoms with Gasteiger partial charge >= 0.3 is 0 Å². The van der Waals surface area contributed by atoms with Crippen LogP contribution in [0.2, 0.25) is 5.28 Å². The lowest BCUT2D eigenvalue weighted by molar-refractivity contribution is 0.809. The van der Waals surface area contributed by atoms with Gasteiger partial charge in [-0.2, -0.15) is 0 Å². The van der Waals surface area contributed by atoms with Gasteiger partial charge in [-0.05, 0) is 30.5 Å². The summed E-state index contributed by atoms with van der Waals surface area (Å²) in [5, 5.41) is 0.341. The second kappa shape index (κ2) is 3.18. The van der Waals surface area contributed by atoms with Gasteiger partial charge in [0, 0.05) is 11.4 Å². The van der Waals surface area contributed by atoms with Gasteiger partial charge in [0.25, 0.3) is 0 Å². The molecule has 0 amide bonds. The average Bonchev–Trinajstić information content (AvgIpc) is 1.85. The third-order valence-electron chi connectivity index (χ3n) is 1.44. The molecule has 0 unspecified atom stereocenters. The topological polar surface area (TPSA) is 25.8 Å². The van der Waals surface area contributed by atoms with E-state index in [1.165, 1.54) is 0 Å². The molecule has 11 heavy (non-hydrogen) atoms. The van der Waals surface area contributed by atoms with E-state index in [1.54, 1.807) is 0 Å². The van der Waals surface area contributed by atoms with Gasteiger partial charge in [0.05, 0.1) is 0 Å². The molecule has 0 aromatic carbocycles. The first kappa shape index (κ1) is 8.47. The number of aryl methyl sites for hydroxylation is 1. The molecule has 1 rings (SSSR count). The highest BCUT2D eigenvalue weighted by atomic mass is 35.5. The summed E-state index contributed by atoms with van der Waals surface area (Å²) in [6, 6.07) is 1.95. The van der Waals surface area contributed by atoms with Gasteiger partial charge in [0.1, 0.15) is 0 Å². The van der Waals surface area contributed by atoms with Crippen molar-refractivity contribution >= 4 is 11.6 Å². The van der Waals surface area contributed by atoms with Crippen molar-refractivity contribution in [2.45, 2.75) is 26.7 Å². The van der Waals surface area contributed by atoms with E-state index in [1.807, 2.05) is 13.0 Å². The zero-order valence-corrected chi connectivity index (χ0v) is 7.68. The summed E-state index contributed by atoms with van der Waals surface area (Å²) in [7, 11) is 0. The Morgan fingerprint density at radius 2 is 2.00 bits per heavy atom. The third kappa shape index (κ3) is 2.15. The molecule has 0 bridgehead atoms. The van der Waals surface area contributed by atoms with Crippen LogP contribution in [0.5, 0.6) is 0 Å². The molecule has 0 aliphatic carbocycles. The van der Waals surface area contributed by atoms with E-state index in [0.717, 1.165) is 11.4 Å². The maximum Gasteiger partial charge on any atom is 0.222 e. The largest absolute Gasteiger partial charge is 0.223 e. The van der Waals surface area contributed by atoms with Gasteiger partial charge in [0.2, 0.25) is 5.28 Å². The van der Waals surface area contributed by atoms with Crippen LogP contribution in [0.3, 0.4) is 0 Å². The Morgan fingerprint density at radius 3 is 2.45 bits per heavy atom. The van der Waals surface area contributed by atoms with Crippen molar-refractivity contribution in [3.8, 4) is 0 Å². The Balaban J connectivity index is 3.08.